The third-order valence-corrected chi connectivity index (χ3v) is 3.16. The number of hydrogen-bond acceptors (Lipinski definition) is 1. The van der Waals surface area contributed by atoms with Crippen LogP contribution in [0.25, 0.3) is 10.9 Å². The molecule has 0 bridgehead atoms. The summed E-state index contributed by atoms with van der Waals surface area (Å²) in [6.45, 7) is 6.69. The SMILES string of the molecule is CCc1cn([C@H](C)CC)c2ccncc12. The van der Waals surface area contributed by atoms with E-state index in [1.165, 1.54) is 16.5 Å². The van der Waals surface area contributed by atoms with Crippen LogP contribution in [0.2, 0.25) is 0 Å². The van der Waals surface area contributed by atoms with Crippen molar-refractivity contribution < 1.29 is 0 Å². The van der Waals surface area contributed by atoms with Gasteiger partial charge < -0.3 is 4.57 Å². The number of aromatic nitrogens is 2. The van der Waals surface area contributed by atoms with Gasteiger partial charge in [0.05, 0.1) is 5.52 Å². The monoisotopic (exact) mass is 202 g/mol. The fourth-order valence-electron chi connectivity index (χ4n) is 2.01. The second kappa shape index (κ2) is 4.05. The van der Waals surface area contributed by atoms with Gasteiger partial charge in [-0.15, -0.1) is 0 Å². The lowest BCUT2D eigenvalue weighted by atomic mass is 10.2. The number of hydrogen-bond donors (Lipinski definition) is 0. The molecule has 2 aromatic rings. The highest BCUT2D eigenvalue weighted by Gasteiger charge is 2.10. The topological polar surface area (TPSA) is 17.8 Å². The van der Waals surface area contributed by atoms with Gasteiger partial charge in [0.15, 0.2) is 0 Å². The van der Waals surface area contributed by atoms with Crippen molar-refractivity contribution in [3.8, 4) is 0 Å². The Morgan fingerprint density at radius 3 is 2.87 bits per heavy atom. The van der Waals surface area contributed by atoms with Crippen LogP contribution in [0.5, 0.6) is 0 Å². The van der Waals surface area contributed by atoms with Crippen LogP contribution >= 0.6 is 0 Å². The average molecular weight is 202 g/mol. The first-order valence-electron chi connectivity index (χ1n) is 5.71. The molecule has 0 radical (unpaired) electrons. The Bertz CT molecular complexity index is 457. The first-order chi connectivity index (χ1) is 7.27. The highest BCUT2D eigenvalue weighted by Crippen LogP contribution is 2.25. The molecule has 0 spiro atoms. The Morgan fingerprint density at radius 1 is 1.40 bits per heavy atom. The van der Waals surface area contributed by atoms with Crippen molar-refractivity contribution in [3.63, 3.8) is 0 Å². The van der Waals surface area contributed by atoms with E-state index >= 15 is 0 Å². The minimum Gasteiger partial charge on any atom is -0.344 e. The van der Waals surface area contributed by atoms with Crippen LogP contribution in [-0.2, 0) is 6.42 Å². The predicted molar refractivity (Wildman–Crippen MR) is 64.1 cm³/mol. The molecule has 0 aliphatic rings. The zero-order valence-electron chi connectivity index (χ0n) is 9.70. The molecule has 0 saturated heterocycles. The van der Waals surface area contributed by atoms with Crippen molar-refractivity contribution >= 4 is 10.9 Å². The van der Waals surface area contributed by atoms with Gasteiger partial charge in [0.25, 0.3) is 0 Å². The Kier molecular flexibility index (Phi) is 2.76. The minimum absolute atomic E-state index is 0.565. The van der Waals surface area contributed by atoms with Crippen LogP contribution in [0.15, 0.2) is 24.7 Å². The molecule has 0 unspecified atom stereocenters. The third kappa shape index (κ3) is 1.65. The summed E-state index contributed by atoms with van der Waals surface area (Å²) in [5.41, 5.74) is 2.72. The molecule has 2 nitrogen and oxygen atoms in total. The molecular formula is C13H18N2. The van der Waals surface area contributed by atoms with Gasteiger partial charge in [0, 0.05) is 30.0 Å². The van der Waals surface area contributed by atoms with E-state index in [4.69, 9.17) is 0 Å². The van der Waals surface area contributed by atoms with Crippen LogP contribution in [0.4, 0.5) is 0 Å². The molecule has 0 saturated carbocycles. The maximum absolute atomic E-state index is 4.21. The Hall–Kier alpha value is -1.31. The summed E-state index contributed by atoms with van der Waals surface area (Å²) >= 11 is 0. The van der Waals surface area contributed by atoms with Gasteiger partial charge in [-0.1, -0.05) is 13.8 Å². The van der Waals surface area contributed by atoms with Crippen LogP contribution < -0.4 is 0 Å². The van der Waals surface area contributed by atoms with Crippen molar-refractivity contribution in [3.05, 3.63) is 30.2 Å². The van der Waals surface area contributed by atoms with Gasteiger partial charge in [-0.3, -0.25) is 4.98 Å². The average Bonchev–Trinajstić information content (AvgIpc) is 2.67. The molecule has 0 aliphatic heterocycles. The van der Waals surface area contributed by atoms with E-state index in [2.05, 4.69) is 42.6 Å². The van der Waals surface area contributed by atoms with Crippen LogP contribution in [-0.4, -0.2) is 9.55 Å². The number of aryl methyl sites for hydroxylation is 1. The van der Waals surface area contributed by atoms with E-state index in [1.807, 2.05) is 12.4 Å². The van der Waals surface area contributed by atoms with Crippen molar-refractivity contribution in [1.82, 2.24) is 9.55 Å². The summed E-state index contributed by atoms with van der Waals surface area (Å²) in [5.74, 6) is 0. The molecule has 0 aromatic carbocycles. The molecule has 80 valence electrons. The Labute approximate surface area is 90.9 Å². The highest BCUT2D eigenvalue weighted by molar-refractivity contribution is 5.83. The first kappa shape index (κ1) is 10.2. The second-order valence-corrected chi connectivity index (χ2v) is 4.07. The van der Waals surface area contributed by atoms with Crippen LogP contribution in [0, 0.1) is 0 Å². The maximum atomic E-state index is 4.21. The van der Waals surface area contributed by atoms with Crippen molar-refractivity contribution in [2.45, 2.75) is 39.7 Å². The van der Waals surface area contributed by atoms with Gasteiger partial charge in [-0.25, -0.2) is 0 Å². The lowest BCUT2D eigenvalue weighted by molar-refractivity contribution is 0.547. The molecule has 2 heterocycles. The zero-order chi connectivity index (χ0) is 10.8. The van der Waals surface area contributed by atoms with E-state index in [0.717, 1.165) is 12.8 Å². The molecular weight excluding hydrogens is 184 g/mol. The van der Waals surface area contributed by atoms with Gasteiger partial charge >= 0.3 is 0 Å². The Balaban J connectivity index is 2.65. The fraction of sp³-hybridized carbons (Fsp3) is 0.462. The summed E-state index contributed by atoms with van der Waals surface area (Å²) in [6.07, 6.45) is 8.37. The number of pyridine rings is 1. The quantitative estimate of drug-likeness (QED) is 0.744. The highest BCUT2D eigenvalue weighted by atomic mass is 15.0. The zero-order valence-corrected chi connectivity index (χ0v) is 9.70. The second-order valence-electron chi connectivity index (χ2n) is 4.07. The van der Waals surface area contributed by atoms with Crippen LogP contribution in [0.1, 0.15) is 38.8 Å². The largest absolute Gasteiger partial charge is 0.344 e. The molecule has 15 heavy (non-hydrogen) atoms. The van der Waals surface area contributed by atoms with Gasteiger partial charge in [-0.05, 0) is 31.4 Å². The van der Waals surface area contributed by atoms with Gasteiger partial charge in [0.1, 0.15) is 0 Å². The first-order valence-corrected chi connectivity index (χ1v) is 5.71. The third-order valence-electron chi connectivity index (χ3n) is 3.16. The smallest absolute Gasteiger partial charge is 0.0516 e. The molecule has 0 N–H and O–H groups in total. The van der Waals surface area contributed by atoms with Crippen molar-refractivity contribution in [2.24, 2.45) is 0 Å². The fourth-order valence-corrected chi connectivity index (χ4v) is 2.01. The Morgan fingerprint density at radius 2 is 2.20 bits per heavy atom. The lowest BCUT2D eigenvalue weighted by Gasteiger charge is -2.12. The molecule has 2 rings (SSSR count). The van der Waals surface area contributed by atoms with Crippen LogP contribution in [0.3, 0.4) is 0 Å². The summed E-state index contributed by atoms with van der Waals surface area (Å²) in [5, 5.41) is 1.31. The van der Waals surface area contributed by atoms with E-state index < -0.39 is 0 Å². The predicted octanol–water partition coefficient (Wildman–Crippen LogP) is 3.57. The van der Waals surface area contributed by atoms with E-state index in [0.29, 0.717) is 6.04 Å². The van der Waals surface area contributed by atoms with Gasteiger partial charge in [-0.2, -0.15) is 0 Å². The summed E-state index contributed by atoms with van der Waals surface area (Å²) < 4.78 is 2.37. The summed E-state index contributed by atoms with van der Waals surface area (Å²) in [7, 11) is 0. The van der Waals surface area contributed by atoms with E-state index in [1.54, 1.807) is 0 Å². The van der Waals surface area contributed by atoms with Crippen molar-refractivity contribution in [1.29, 1.82) is 0 Å². The van der Waals surface area contributed by atoms with E-state index in [9.17, 15) is 0 Å². The standard InChI is InChI=1S/C13H18N2/c1-4-10(3)15-9-11(5-2)12-8-14-7-6-13(12)15/h6-10H,4-5H2,1-3H3/t10-/m1/s1. The molecule has 0 aliphatic carbocycles. The molecule has 2 aromatic heterocycles. The number of fused-ring (bicyclic) bond motifs is 1. The van der Waals surface area contributed by atoms with Crippen molar-refractivity contribution in [2.75, 3.05) is 0 Å². The van der Waals surface area contributed by atoms with Gasteiger partial charge in [0.2, 0.25) is 0 Å². The summed E-state index contributed by atoms with van der Waals surface area (Å²) in [6, 6.07) is 2.68. The molecule has 0 fully saturated rings. The lowest BCUT2D eigenvalue weighted by Crippen LogP contribution is -2.01. The normalized spacial score (nSPS) is 13.3. The number of nitrogens with zero attached hydrogens (tertiary/aromatic N) is 2. The summed E-state index contributed by atoms with van der Waals surface area (Å²) in [4.78, 5) is 4.21. The maximum Gasteiger partial charge on any atom is 0.0516 e. The molecule has 1 atom stereocenters. The molecule has 2 heteroatoms. The minimum atomic E-state index is 0.565. The van der Waals surface area contributed by atoms with E-state index in [-0.39, 0.29) is 0 Å². The number of rotatable bonds is 3. The molecule has 0 amide bonds.